The van der Waals surface area contributed by atoms with Crippen LogP contribution in [0.2, 0.25) is 0 Å². The summed E-state index contributed by atoms with van der Waals surface area (Å²) < 4.78 is 0. The summed E-state index contributed by atoms with van der Waals surface area (Å²) in [6.07, 6.45) is 4.30. The molecule has 1 atom stereocenters. The van der Waals surface area contributed by atoms with E-state index in [0.717, 1.165) is 25.7 Å². The van der Waals surface area contributed by atoms with Gasteiger partial charge in [0.05, 0.1) is 10.7 Å². The van der Waals surface area contributed by atoms with Gasteiger partial charge in [-0.15, -0.1) is 22.7 Å². The Hall–Kier alpha value is -0.750. The average molecular weight is 324 g/mol. The maximum atomic E-state index is 5.70. The minimum absolute atomic E-state index is 0.125. The number of nitrogens with two attached hydrogens (primary N) is 1. The van der Waals surface area contributed by atoms with Crippen molar-refractivity contribution in [2.75, 3.05) is 0 Å². The van der Waals surface area contributed by atoms with Gasteiger partial charge in [0.25, 0.3) is 0 Å². The van der Waals surface area contributed by atoms with Crippen molar-refractivity contribution in [1.29, 1.82) is 0 Å². The minimum atomic E-state index is 0.125. The topological polar surface area (TPSA) is 50.9 Å². The number of hydrogen-bond donors (Lipinski definition) is 2. The summed E-state index contributed by atoms with van der Waals surface area (Å²) >= 11 is 3.58. The molecule has 0 fully saturated rings. The first-order valence-electron chi connectivity index (χ1n) is 7.42. The second-order valence-corrected chi connectivity index (χ2v) is 8.39. The van der Waals surface area contributed by atoms with Gasteiger partial charge in [0.15, 0.2) is 0 Å². The summed E-state index contributed by atoms with van der Waals surface area (Å²) in [6.45, 7) is 6.60. The van der Waals surface area contributed by atoms with E-state index in [0.29, 0.717) is 6.04 Å². The maximum absolute atomic E-state index is 5.70. The molecule has 2 aromatic rings. The highest BCUT2D eigenvalue weighted by Crippen LogP contribution is 2.25. The Labute approximate surface area is 135 Å². The van der Waals surface area contributed by atoms with Gasteiger partial charge in [-0.25, -0.2) is 4.98 Å². The van der Waals surface area contributed by atoms with Crippen LogP contribution in [0, 0.1) is 0 Å². The molecule has 2 rings (SSSR count). The molecule has 2 aromatic heterocycles. The van der Waals surface area contributed by atoms with Crippen molar-refractivity contribution >= 4 is 22.7 Å². The van der Waals surface area contributed by atoms with Crippen molar-refractivity contribution in [2.24, 2.45) is 5.84 Å². The second kappa shape index (κ2) is 7.49. The van der Waals surface area contributed by atoms with Gasteiger partial charge < -0.3 is 0 Å². The van der Waals surface area contributed by atoms with Gasteiger partial charge in [-0.3, -0.25) is 11.3 Å². The van der Waals surface area contributed by atoms with Crippen molar-refractivity contribution < 1.29 is 0 Å². The van der Waals surface area contributed by atoms with Crippen molar-refractivity contribution in [3.63, 3.8) is 0 Å². The van der Waals surface area contributed by atoms with E-state index in [2.05, 4.69) is 49.1 Å². The van der Waals surface area contributed by atoms with Crippen LogP contribution in [0.5, 0.6) is 0 Å². The Morgan fingerprint density at radius 1 is 1.33 bits per heavy atom. The van der Waals surface area contributed by atoms with Crippen LogP contribution < -0.4 is 11.3 Å². The van der Waals surface area contributed by atoms with Crippen LogP contribution in [-0.2, 0) is 18.3 Å². The molecule has 0 saturated heterocycles. The van der Waals surface area contributed by atoms with E-state index in [-0.39, 0.29) is 5.41 Å². The molecule has 0 spiro atoms. The van der Waals surface area contributed by atoms with Gasteiger partial charge in [-0.05, 0) is 30.7 Å². The van der Waals surface area contributed by atoms with Crippen LogP contribution >= 0.6 is 22.7 Å². The number of hydrogen-bond acceptors (Lipinski definition) is 5. The van der Waals surface area contributed by atoms with Gasteiger partial charge in [0.2, 0.25) is 0 Å². The third-order valence-corrected chi connectivity index (χ3v) is 5.34. The predicted molar refractivity (Wildman–Crippen MR) is 92.9 cm³/mol. The van der Waals surface area contributed by atoms with Crippen LogP contribution in [0.3, 0.4) is 0 Å². The lowest BCUT2D eigenvalue weighted by Crippen LogP contribution is -2.36. The molecule has 1 unspecified atom stereocenters. The molecule has 2 heterocycles. The molecule has 5 heteroatoms. The Bertz CT molecular complexity index is 526. The monoisotopic (exact) mass is 323 g/mol. The van der Waals surface area contributed by atoms with Crippen LogP contribution in [0.1, 0.15) is 49.2 Å². The summed E-state index contributed by atoms with van der Waals surface area (Å²) in [5.41, 5.74) is 4.25. The molecule has 0 bridgehead atoms. The lowest BCUT2D eigenvalue weighted by molar-refractivity contribution is 0.474. The SMILES string of the molecule is CC(C)(C)c1csc(CC(CCCc2cccs2)NN)n1. The number of nitrogens with zero attached hydrogens (tertiary/aromatic N) is 1. The standard InChI is InChI=1S/C16H25N3S2/c1-16(2,3)14-11-21-15(18-14)10-12(19-17)6-4-7-13-8-5-9-20-13/h5,8-9,11-12,19H,4,6-7,10,17H2,1-3H3. The van der Waals surface area contributed by atoms with Crippen molar-refractivity contribution in [3.05, 3.63) is 38.5 Å². The number of nitrogens with one attached hydrogen (secondary N) is 1. The molecule has 21 heavy (non-hydrogen) atoms. The van der Waals surface area contributed by atoms with Gasteiger partial charge >= 0.3 is 0 Å². The molecule has 0 aliphatic rings. The molecule has 0 aliphatic carbocycles. The highest BCUT2D eigenvalue weighted by Gasteiger charge is 2.18. The first kappa shape index (κ1) is 16.6. The molecular weight excluding hydrogens is 298 g/mol. The third kappa shape index (κ3) is 5.18. The second-order valence-electron chi connectivity index (χ2n) is 6.42. The zero-order chi connectivity index (χ0) is 15.3. The first-order valence-corrected chi connectivity index (χ1v) is 9.18. The van der Waals surface area contributed by atoms with Crippen LogP contribution in [-0.4, -0.2) is 11.0 Å². The molecular formula is C16H25N3S2. The van der Waals surface area contributed by atoms with Crippen LogP contribution in [0.25, 0.3) is 0 Å². The molecule has 0 saturated carbocycles. The lowest BCUT2D eigenvalue weighted by atomic mass is 9.93. The minimum Gasteiger partial charge on any atom is -0.271 e. The molecule has 0 aliphatic heterocycles. The van der Waals surface area contributed by atoms with Crippen molar-refractivity contribution in [3.8, 4) is 0 Å². The third-order valence-electron chi connectivity index (χ3n) is 3.53. The summed E-state index contributed by atoms with van der Waals surface area (Å²) in [5, 5.41) is 5.49. The number of thiazole rings is 1. The molecule has 3 N–H and O–H groups in total. The highest BCUT2D eigenvalue weighted by molar-refractivity contribution is 7.10. The summed E-state index contributed by atoms with van der Waals surface area (Å²) in [7, 11) is 0. The van der Waals surface area contributed by atoms with Crippen LogP contribution in [0.15, 0.2) is 22.9 Å². The van der Waals surface area contributed by atoms with Gasteiger partial charge in [-0.2, -0.15) is 0 Å². The zero-order valence-electron chi connectivity index (χ0n) is 13.1. The Morgan fingerprint density at radius 3 is 2.71 bits per heavy atom. The number of aryl methyl sites for hydroxylation is 1. The molecule has 3 nitrogen and oxygen atoms in total. The zero-order valence-corrected chi connectivity index (χ0v) is 14.7. The van der Waals surface area contributed by atoms with E-state index in [1.807, 2.05) is 11.3 Å². The normalized spacial score (nSPS) is 13.5. The van der Waals surface area contributed by atoms with E-state index in [9.17, 15) is 0 Å². The quantitative estimate of drug-likeness (QED) is 0.600. The average Bonchev–Trinajstić information content (AvgIpc) is 3.07. The highest BCUT2D eigenvalue weighted by atomic mass is 32.1. The lowest BCUT2D eigenvalue weighted by Gasteiger charge is -2.15. The van der Waals surface area contributed by atoms with E-state index in [1.165, 1.54) is 15.6 Å². The van der Waals surface area contributed by atoms with E-state index < -0.39 is 0 Å². The number of hydrazine groups is 1. The molecule has 0 aromatic carbocycles. The van der Waals surface area contributed by atoms with Crippen LogP contribution in [0.4, 0.5) is 0 Å². The summed E-state index contributed by atoms with van der Waals surface area (Å²) in [5.74, 6) is 5.70. The predicted octanol–water partition coefficient (Wildman–Crippen LogP) is 3.90. The largest absolute Gasteiger partial charge is 0.271 e. The fourth-order valence-corrected chi connectivity index (χ4v) is 4.04. The number of thiophene rings is 1. The fourth-order valence-electron chi connectivity index (χ4n) is 2.18. The Morgan fingerprint density at radius 2 is 2.14 bits per heavy atom. The maximum Gasteiger partial charge on any atom is 0.0944 e. The Balaban J connectivity index is 1.82. The van der Waals surface area contributed by atoms with E-state index in [1.54, 1.807) is 11.3 Å². The Kier molecular flexibility index (Phi) is 5.93. The molecule has 116 valence electrons. The molecule has 0 radical (unpaired) electrons. The van der Waals surface area contributed by atoms with Gasteiger partial charge in [0.1, 0.15) is 0 Å². The number of rotatable bonds is 7. The van der Waals surface area contributed by atoms with E-state index in [4.69, 9.17) is 10.8 Å². The first-order chi connectivity index (χ1) is 9.99. The number of aromatic nitrogens is 1. The molecule has 0 amide bonds. The van der Waals surface area contributed by atoms with Gasteiger partial charge in [0, 0.05) is 28.1 Å². The summed E-state index contributed by atoms with van der Waals surface area (Å²) in [6, 6.07) is 4.62. The van der Waals surface area contributed by atoms with E-state index >= 15 is 0 Å². The smallest absolute Gasteiger partial charge is 0.0944 e. The fraction of sp³-hybridized carbons (Fsp3) is 0.562. The van der Waals surface area contributed by atoms with Crippen molar-refractivity contribution in [2.45, 2.75) is 57.9 Å². The van der Waals surface area contributed by atoms with Crippen molar-refractivity contribution in [1.82, 2.24) is 10.4 Å². The van der Waals surface area contributed by atoms with Gasteiger partial charge in [-0.1, -0.05) is 26.8 Å². The summed E-state index contributed by atoms with van der Waals surface area (Å²) in [4.78, 5) is 6.21.